The number of amides is 1. The van der Waals surface area contributed by atoms with Crippen LogP contribution in [-0.4, -0.2) is 61.6 Å². The van der Waals surface area contributed by atoms with Gasteiger partial charge >= 0.3 is 0 Å². The minimum absolute atomic E-state index is 0.0985. The fourth-order valence-corrected chi connectivity index (χ4v) is 3.92. The zero-order valence-electron chi connectivity index (χ0n) is 17.3. The molecule has 1 aromatic carbocycles. The number of benzene rings is 1. The van der Waals surface area contributed by atoms with Crippen LogP contribution in [0.3, 0.4) is 0 Å². The molecule has 2 aliphatic heterocycles. The number of carbonyl (C=O) groups excluding carboxylic acids is 2. The van der Waals surface area contributed by atoms with Gasteiger partial charge in [0.2, 0.25) is 0 Å². The summed E-state index contributed by atoms with van der Waals surface area (Å²) in [6, 6.07) is 3.61. The van der Waals surface area contributed by atoms with E-state index in [9.17, 15) is 14.7 Å². The highest BCUT2D eigenvalue weighted by atomic mass is 16.3. The van der Waals surface area contributed by atoms with Gasteiger partial charge in [-0.25, -0.2) is 4.99 Å². The van der Waals surface area contributed by atoms with E-state index in [-0.39, 0.29) is 17.4 Å². The van der Waals surface area contributed by atoms with Crippen molar-refractivity contribution in [3.8, 4) is 5.75 Å². The largest absolute Gasteiger partial charge is 0.507 e. The lowest BCUT2D eigenvalue weighted by atomic mass is 9.88. The summed E-state index contributed by atoms with van der Waals surface area (Å²) in [5.41, 5.74) is 3.38. The van der Waals surface area contributed by atoms with Crippen LogP contribution >= 0.6 is 0 Å². The molecular weight excluding hydrogens is 380 g/mol. The summed E-state index contributed by atoms with van der Waals surface area (Å²) in [5.74, 6) is -0.495. The zero-order chi connectivity index (χ0) is 21.4. The molecule has 2 heterocycles. The molecule has 0 atom stereocenters. The van der Waals surface area contributed by atoms with Gasteiger partial charge in [0.1, 0.15) is 5.75 Å². The Kier molecular flexibility index (Phi) is 5.32. The fraction of sp³-hybridized carbons (Fsp3) is 0.304. The lowest BCUT2D eigenvalue weighted by Crippen LogP contribution is -2.24. The third-order valence-electron chi connectivity index (χ3n) is 5.49. The van der Waals surface area contributed by atoms with Gasteiger partial charge in [-0.05, 0) is 70.4 Å². The minimum atomic E-state index is -0.373. The monoisotopic (exact) mass is 404 g/mol. The Bertz CT molecular complexity index is 1200. The molecule has 0 unspecified atom stereocenters. The smallest absolute Gasteiger partial charge is 0.274 e. The Balaban J connectivity index is 1.86. The van der Waals surface area contributed by atoms with E-state index in [1.54, 1.807) is 18.3 Å². The van der Waals surface area contributed by atoms with E-state index < -0.39 is 0 Å². The van der Waals surface area contributed by atoms with E-state index >= 15 is 0 Å². The number of aromatic hydroxyl groups is 1. The molecule has 154 valence electrons. The van der Waals surface area contributed by atoms with Crippen molar-refractivity contribution in [2.45, 2.75) is 12.8 Å². The molecule has 0 spiro atoms. The lowest BCUT2D eigenvalue weighted by molar-refractivity contribution is -0.115. The number of nitrogens with one attached hydrogen (secondary N) is 1. The van der Waals surface area contributed by atoms with Crippen molar-refractivity contribution >= 4 is 28.5 Å². The maximum Gasteiger partial charge on any atom is 0.274 e. The van der Waals surface area contributed by atoms with Gasteiger partial charge in [-0.2, -0.15) is 0 Å². The van der Waals surface area contributed by atoms with Gasteiger partial charge in [-0.1, -0.05) is 0 Å². The van der Waals surface area contributed by atoms with Crippen LogP contribution in [0.1, 0.15) is 18.4 Å². The summed E-state index contributed by atoms with van der Waals surface area (Å²) < 4.78 is 0. The number of phenolic OH excluding ortho intramolecular Hbond substituents is 1. The van der Waals surface area contributed by atoms with Crippen LogP contribution < -0.4 is 15.9 Å². The van der Waals surface area contributed by atoms with E-state index in [2.05, 4.69) is 15.3 Å². The van der Waals surface area contributed by atoms with Crippen LogP contribution in [-0.2, 0) is 9.59 Å². The topological polar surface area (TPSA) is 94.4 Å². The Morgan fingerprint density at radius 1 is 1.13 bits per heavy atom. The molecule has 1 aliphatic carbocycles. The van der Waals surface area contributed by atoms with Crippen molar-refractivity contribution in [1.29, 1.82) is 0 Å². The quantitative estimate of drug-likeness (QED) is 0.720. The van der Waals surface area contributed by atoms with Crippen LogP contribution in [0.25, 0.3) is 11.1 Å². The van der Waals surface area contributed by atoms with Crippen molar-refractivity contribution in [2.75, 3.05) is 34.2 Å². The van der Waals surface area contributed by atoms with E-state index in [0.717, 1.165) is 18.5 Å². The van der Waals surface area contributed by atoms with Gasteiger partial charge in [0.05, 0.1) is 16.6 Å². The van der Waals surface area contributed by atoms with Crippen molar-refractivity contribution in [3.63, 3.8) is 0 Å². The van der Waals surface area contributed by atoms with Gasteiger partial charge in [0.25, 0.3) is 5.91 Å². The summed E-state index contributed by atoms with van der Waals surface area (Å²) in [6.45, 7) is 1.41. The zero-order valence-corrected chi connectivity index (χ0v) is 17.3. The average molecular weight is 404 g/mol. The third kappa shape index (κ3) is 3.36. The summed E-state index contributed by atoms with van der Waals surface area (Å²) >= 11 is 0. The highest BCUT2D eigenvalue weighted by molar-refractivity contribution is 6.49. The van der Waals surface area contributed by atoms with E-state index in [1.165, 1.54) is 6.08 Å². The number of ketones is 1. The first-order valence-corrected chi connectivity index (χ1v) is 9.94. The average Bonchev–Trinajstić information content (AvgIpc) is 3.27. The maximum atomic E-state index is 12.6. The molecule has 1 amide bonds. The molecule has 0 saturated heterocycles. The molecule has 0 aromatic heterocycles. The number of allylic oxidation sites excluding steroid dienone is 3. The Labute approximate surface area is 174 Å². The first-order chi connectivity index (χ1) is 14.4. The molecule has 0 saturated carbocycles. The summed E-state index contributed by atoms with van der Waals surface area (Å²) in [4.78, 5) is 35.7. The van der Waals surface area contributed by atoms with Crippen molar-refractivity contribution in [3.05, 3.63) is 57.8 Å². The van der Waals surface area contributed by atoms with Crippen LogP contribution in [0.2, 0.25) is 0 Å². The second-order valence-electron chi connectivity index (χ2n) is 7.78. The summed E-state index contributed by atoms with van der Waals surface area (Å²) in [5, 5.41) is 15.5. The van der Waals surface area contributed by atoms with Crippen LogP contribution in [0.4, 0.5) is 0 Å². The highest BCUT2D eigenvalue weighted by Gasteiger charge is 2.34. The van der Waals surface area contributed by atoms with Crippen molar-refractivity contribution in [1.82, 2.24) is 10.2 Å². The number of carbonyl (C=O) groups is 2. The molecule has 7 heteroatoms. The Hall–Kier alpha value is -3.16. The molecular formula is C23H24N4O3. The lowest BCUT2D eigenvalue weighted by Gasteiger charge is -2.15. The van der Waals surface area contributed by atoms with Crippen molar-refractivity contribution < 1.29 is 14.7 Å². The molecule has 0 fully saturated rings. The highest BCUT2D eigenvalue weighted by Crippen LogP contribution is 2.31. The first kappa shape index (κ1) is 20.1. The number of nitrogens with zero attached hydrogens (tertiary/aromatic N) is 3. The van der Waals surface area contributed by atoms with Gasteiger partial charge in [-0.15, -0.1) is 0 Å². The molecule has 7 nitrogen and oxygen atoms in total. The molecule has 3 aliphatic rings. The minimum Gasteiger partial charge on any atom is -0.507 e. The molecule has 4 rings (SSSR count). The molecule has 1 aromatic rings. The van der Waals surface area contributed by atoms with Gasteiger partial charge in [0, 0.05) is 34.7 Å². The molecule has 0 bridgehead atoms. The number of rotatable bonds is 6. The molecule has 2 N–H and O–H groups in total. The molecule has 0 radical (unpaired) electrons. The van der Waals surface area contributed by atoms with Gasteiger partial charge < -0.3 is 15.3 Å². The predicted octanol–water partition coefficient (Wildman–Crippen LogP) is 0.495. The van der Waals surface area contributed by atoms with E-state index in [1.807, 2.05) is 32.1 Å². The van der Waals surface area contributed by atoms with E-state index in [0.29, 0.717) is 51.5 Å². The number of phenols is 1. The third-order valence-corrected chi connectivity index (χ3v) is 5.49. The second-order valence-corrected chi connectivity index (χ2v) is 7.78. The normalized spacial score (nSPS) is 19.2. The number of hydrogen-bond donors (Lipinski definition) is 2. The Morgan fingerprint density at radius 3 is 2.67 bits per heavy atom. The summed E-state index contributed by atoms with van der Waals surface area (Å²) in [6.07, 6.45) is 6.04. The van der Waals surface area contributed by atoms with Crippen molar-refractivity contribution in [2.24, 2.45) is 9.98 Å². The van der Waals surface area contributed by atoms with Crippen LogP contribution in [0.15, 0.2) is 51.6 Å². The van der Waals surface area contributed by atoms with E-state index in [4.69, 9.17) is 0 Å². The van der Waals surface area contributed by atoms with Gasteiger partial charge in [-0.3, -0.25) is 14.6 Å². The fourth-order valence-electron chi connectivity index (χ4n) is 3.92. The standard InChI is InChI=1S/C23H24N4O3/c1-24-10-8-13-12-25-17-6-4-15(22(29)19(13)17)14-5-7-18(28)20-16(9-11-27(2)3)23(30)26-21(14)20/h4-7,12,24,29H,8-11H2,1-3H3. The summed E-state index contributed by atoms with van der Waals surface area (Å²) in [7, 11) is 5.71. The maximum absolute atomic E-state index is 12.6. The second kappa shape index (κ2) is 7.93. The molecule has 30 heavy (non-hydrogen) atoms. The number of aliphatic imine (C=N–C) groups is 1. The number of hydrogen-bond acceptors (Lipinski definition) is 6. The Morgan fingerprint density at radius 2 is 1.93 bits per heavy atom. The first-order valence-electron chi connectivity index (χ1n) is 9.94. The predicted molar refractivity (Wildman–Crippen MR) is 116 cm³/mol. The SMILES string of the molecule is CNCCC1=CN=c2ccc(=C3C=CC(=O)C4=C(CCN(C)C)C(=O)N=C43)c(O)c21. The number of fused-ring (bicyclic) bond motifs is 2. The van der Waals surface area contributed by atoms with Gasteiger partial charge in [0.15, 0.2) is 5.78 Å². The van der Waals surface area contributed by atoms with Crippen LogP contribution in [0.5, 0.6) is 5.75 Å². The van der Waals surface area contributed by atoms with Crippen LogP contribution in [0, 0.1) is 0 Å².